The number of carbonyl (C=O) groups excluding carboxylic acids is 1. The molecular weight excluding hydrogens is 328 g/mol. The fourth-order valence-electron chi connectivity index (χ4n) is 3.29. The molecule has 1 aromatic heterocycles. The summed E-state index contributed by atoms with van der Waals surface area (Å²) in [6.45, 7) is 3.90. The van der Waals surface area contributed by atoms with Crippen LogP contribution >= 0.6 is 0 Å². The normalized spacial score (nSPS) is 15.3. The first-order valence-corrected chi connectivity index (χ1v) is 8.62. The monoisotopic (exact) mass is 348 g/mol. The number of piperazine rings is 1. The van der Waals surface area contributed by atoms with E-state index in [2.05, 4.69) is 26.8 Å². The third kappa shape index (κ3) is 2.99. The molecule has 0 saturated carbocycles. The summed E-state index contributed by atoms with van der Waals surface area (Å²) < 4.78 is 0. The number of benzene rings is 2. The summed E-state index contributed by atoms with van der Waals surface area (Å²) in [7, 11) is 2.12. The lowest BCUT2D eigenvalue weighted by Gasteiger charge is -2.32. The number of phenolic OH excluding ortho intramolecular Hbond substituents is 1. The van der Waals surface area contributed by atoms with E-state index in [-0.39, 0.29) is 5.75 Å². The Morgan fingerprint density at radius 1 is 1.00 bits per heavy atom. The zero-order valence-electron chi connectivity index (χ0n) is 14.6. The zero-order valence-corrected chi connectivity index (χ0v) is 14.6. The molecule has 6 nitrogen and oxygen atoms in total. The van der Waals surface area contributed by atoms with E-state index in [0.29, 0.717) is 11.8 Å². The van der Waals surface area contributed by atoms with Gasteiger partial charge in [-0.15, -0.1) is 0 Å². The van der Waals surface area contributed by atoms with Crippen LogP contribution < -0.4 is 4.90 Å². The highest BCUT2D eigenvalue weighted by molar-refractivity contribution is 6.02. The van der Waals surface area contributed by atoms with Crippen LogP contribution in [0.15, 0.2) is 42.7 Å². The summed E-state index contributed by atoms with van der Waals surface area (Å²) >= 11 is 0. The molecule has 0 unspecified atom stereocenters. The topological polar surface area (TPSA) is 69.6 Å². The molecule has 0 aliphatic carbocycles. The van der Waals surface area contributed by atoms with Gasteiger partial charge in [0.25, 0.3) is 0 Å². The number of hydrogen-bond donors (Lipinski definition) is 1. The maximum Gasteiger partial charge on any atom is 0.225 e. The Morgan fingerprint density at radius 3 is 2.42 bits per heavy atom. The number of aldehydes is 1. The molecule has 0 atom stereocenters. The summed E-state index contributed by atoms with van der Waals surface area (Å²) in [5.41, 5.74) is 2.21. The molecule has 0 spiro atoms. The maximum atomic E-state index is 11.2. The van der Waals surface area contributed by atoms with Gasteiger partial charge in [-0.3, -0.25) is 4.79 Å². The van der Waals surface area contributed by atoms with Gasteiger partial charge in [0.05, 0.1) is 5.56 Å². The lowest BCUT2D eigenvalue weighted by molar-refractivity contribution is 0.112. The van der Waals surface area contributed by atoms with Crippen molar-refractivity contribution in [1.29, 1.82) is 0 Å². The molecule has 2 aromatic carbocycles. The molecule has 2 heterocycles. The fourth-order valence-corrected chi connectivity index (χ4v) is 3.29. The molecule has 0 bridgehead atoms. The van der Waals surface area contributed by atoms with E-state index >= 15 is 0 Å². The predicted octanol–water partition coefficient (Wildman–Crippen LogP) is 2.57. The van der Waals surface area contributed by atoms with E-state index in [0.717, 1.165) is 54.0 Å². The van der Waals surface area contributed by atoms with Gasteiger partial charge in [-0.25, -0.2) is 9.97 Å². The van der Waals surface area contributed by atoms with Crippen molar-refractivity contribution in [2.45, 2.75) is 0 Å². The summed E-state index contributed by atoms with van der Waals surface area (Å²) in [4.78, 5) is 24.8. The smallest absolute Gasteiger partial charge is 0.225 e. The van der Waals surface area contributed by atoms with Gasteiger partial charge in [0.2, 0.25) is 5.95 Å². The van der Waals surface area contributed by atoms with Crippen molar-refractivity contribution in [2.24, 2.45) is 0 Å². The van der Waals surface area contributed by atoms with Crippen molar-refractivity contribution in [3.05, 3.63) is 48.3 Å². The van der Waals surface area contributed by atoms with Crippen molar-refractivity contribution < 1.29 is 9.90 Å². The number of likely N-dealkylation sites (N-methyl/N-ethyl adjacent to an activating group) is 1. The van der Waals surface area contributed by atoms with E-state index in [1.807, 2.05) is 30.6 Å². The fraction of sp³-hybridized carbons (Fsp3) is 0.250. The van der Waals surface area contributed by atoms with Crippen molar-refractivity contribution in [3.8, 4) is 16.9 Å². The first-order chi connectivity index (χ1) is 12.7. The first kappa shape index (κ1) is 16.5. The number of hydrogen-bond acceptors (Lipinski definition) is 6. The van der Waals surface area contributed by atoms with Crippen LogP contribution in [0.5, 0.6) is 5.75 Å². The summed E-state index contributed by atoms with van der Waals surface area (Å²) in [5, 5.41) is 11.4. The van der Waals surface area contributed by atoms with Gasteiger partial charge in [-0.1, -0.05) is 18.2 Å². The highest BCUT2D eigenvalue weighted by Crippen LogP contribution is 2.29. The Hall–Kier alpha value is -2.99. The minimum absolute atomic E-state index is 0.000104. The number of nitrogens with zero attached hydrogens (tertiary/aromatic N) is 4. The molecule has 1 saturated heterocycles. The second kappa shape index (κ2) is 6.72. The molecule has 6 heteroatoms. The summed E-state index contributed by atoms with van der Waals surface area (Å²) in [6, 6.07) is 9.10. The van der Waals surface area contributed by atoms with Crippen molar-refractivity contribution in [1.82, 2.24) is 14.9 Å². The van der Waals surface area contributed by atoms with E-state index in [4.69, 9.17) is 0 Å². The van der Waals surface area contributed by atoms with Gasteiger partial charge in [0.1, 0.15) is 5.75 Å². The van der Waals surface area contributed by atoms with Crippen LogP contribution in [0.1, 0.15) is 10.4 Å². The number of aromatic hydroxyl groups is 1. The van der Waals surface area contributed by atoms with Gasteiger partial charge < -0.3 is 14.9 Å². The second-order valence-electron chi connectivity index (χ2n) is 6.61. The zero-order chi connectivity index (χ0) is 18.1. The maximum absolute atomic E-state index is 11.2. The summed E-state index contributed by atoms with van der Waals surface area (Å²) in [5.74, 6) is 0.760. The largest absolute Gasteiger partial charge is 0.507 e. The second-order valence-corrected chi connectivity index (χ2v) is 6.61. The predicted molar refractivity (Wildman–Crippen MR) is 102 cm³/mol. The number of rotatable bonds is 3. The molecule has 132 valence electrons. The van der Waals surface area contributed by atoms with Crippen LogP contribution in [0.4, 0.5) is 5.95 Å². The average Bonchev–Trinajstić information content (AvgIpc) is 2.68. The molecule has 1 N–H and O–H groups in total. The van der Waals surface area contributed by atoms with Crippen LogP contribution in [-0.4, -0.2) is 59.5 Å². The highest BCUT2D eigenvalue weighted by atomic mass is 16.3. The number of carbonyl (C=O) groups is 1. The number of phenols is 1. The molecule has 1 aliphatic heterocycles. The van der Waals surface area contributed by atoms with E-state index < -0.39 is 0 Å². The van der Waals surface area contributed by atoms with Crippen LogP contribution in [0, 0.1) is 0 Å². The minimum atomic E-state index is 0.000104. The molecule has 1 aliphatic rings. The Bertz CT molecular complexity index is 948. The number of aromatic nitrogens is 2. The third-order valence-corrected chi connectivity index (χ3v) is 4.91. The van der Waals surface area contributed by atoms with E-state index in [1.54, 1.807) is 12.1 Å². The third-order valence-electron chi connectivity index (χ3n) is 4.91. The van der Waals surface area contributed by atoms with Crippen LogP contribution in [0.2, 0.25) is 0 Å². The van der Waals surface area contributed by atoms with Gasteiger partial charge in [-0.2, -0.15) is 0 Å². The Kier molecular flexibility index (Phi) is 4.26. The average molecular weight is 348 g/mol. The SMILES string of the molecule is CN1CCN(c2ncc(-c3ccc4c(C=O)c(O)ccc4c3)cn2)CC1. The lowest BCUT2D eigenvalue weighted by atomic mass is 10.00. The van der Waals surface area contributed by atoms with Crippen LogP contribution in [0.3, 0.4) is 0 Å². The standard InChI is InChI=1S/C20H20N4O2/c1-23-6-8-24(9-7-23)20-21-11-16(12-22-20)14-2-4-17-15(10-14)3-5-19(26)18(17)13-25/h2-5,10-13,26H,6-9H2,1H3. The van der Waals surface area contributed by atoms with Crippen molar-refractivity contribution >= 4 is 23.0 Å². The van der Waals surface area contributed by atoms with Crippen molar-refractivity contribution in [2.75, 3.05) is 38.1 Å². The first-order valence-electron chi connectivity index (χ1n) is 8.62. The lowest BCUT2D eigenvalue weighted by Crippen LogP contribution is -2.45. The van der Waals surface area contributed by atoms with E-state index in [1.165, 1.54) is 0 Å². The molecule has 3 aromatic rings. The summed E-state index contributed by atoms with van der Waals surface area (Å²) in [6.07, 6.45) is 4.36. The Labute approximate surface area is 151 Å². The molecule has 26 heavy (non-hydrogen) atoms. The number of fused-ring (bicyclic) bond motifs is 1. The molecule has 0 radical (unpaired) electrons. The minimum Gasteiger partial charge on any atom is -0.507 e. The van der Waals surface area contributed by atoms with Crippen molar-refractivity contribution in [3.63, 3.8) is 0 Å². The quantitative estimate of drug-likeness (QED) is 0.734. The van der Waals surface area contributed by atoms with Gasteiger partial charge >= 0.3 is 0 Å². The molecule has 1 fully saturated rings. The molecule has 0 amide bonds. The molecular formula is C20H20N4O2. The molecule has 4 rings (SSSR count). The van der Waals surface area contributed by atoms with Gasteiger partial charge in [0, 0.05) is 44.1 Å². The Balaban J connectivity index is 1.63. The number of anilines is 1. The Morgan fingerprint density at radius 2 is 1.73 bits per heavy atom. The van der Waals surface area contributed by atoms with Gasteiger partial charge in [-0.05, 0) is 35.5 Å². The van der Waals surface area contributed by atoms with E-state index in [9.17, 15) is 9.90 Å². The van der Waals surface area contributed by atoms with Crippen LogP contribution in [-0.2, 0) is 0 Å². The van der Waals surface area contributed by atoms with Gasteiger partial charge in [0.15, 0.2) is 6.29 Å². The highest BCUT2D eigenvalue weighted by Gasteiger charge is 2.16. The van der Waals surface area contributed by atoms with Crippen LogP contribution in [0.25, 0.3) is 21.9 Å².